The standard InChI is InChI=1S/C15H21NO3/c1-6-12(16-14(17)19-15(2,3)4)11-9-7-8-10-13(11)18-5/h6-10,12H,1H2,2-5H3,(H,16,17). The molecule has 0 saturated heterocycles. The molecule has 0 aliphatic rings. The van der Waals surface area contributed by atoms with Gasteiger partial charge in [-0.2, -0.15) is 0 Å². The average Bonchev–Trinajstić information content (AvgIpc) is 2.33. The summed E-state index contributed by atoms with van der Waals surface area (Å²) in [6.45, 7) is 9.19. The average molecular weight is 263 g/mol. The van der Waals surface area contributed by atoms with Crippen LogP contribution in [0.15, 0.2) is 36.9 Å². The first-order valence-electron chi connectivity index (χ1n) is 6.12. The fraction of sp³-hybridized carbons (Fsp3) is 0.400. The van der Waals surface area contributed by atoms with Crippen molar-refractivity contribution in [1.29, 1.82) is 0 Å². The second-order valence-corrected chi connectivity index (χ2v) is 5.10. The zero-order valence-electron chi connectivity index (χ0n) is 11.9. The van der Waals surface area contributed by atoms with E-state index in [0.29, 0.717) is 5.75 Å². The largest absolute Gasteiger partial charge is 0.496 e. The van der Waals surface area contributed by atoms with E-state index >= 15 is 0 Å². The third kappa shape index (κ3) is 4.66. The zero-order valence-corrected chi connectivity index (χ0v) is 11.9. The Hall–Kier alpha value is -1.97. The van der Waals surface area contributed by atoms with Gasteiger partial charge in [0.15, 0.2) is 0 Å². The van der Waals surface area contributed by atoms with Crippen molar-refractivity contribution in [2.75, 3.05) is 7.11 Å². The summed E-state index contributed by atoms with van der Waals surface area (Å²) in [6, 6.07) is 7.11. The van der Waals surface area contributed by atoms with Crippen LogP contribution >= 0.6 is 0 Å². The van der Waals surface area contributed by atoms with Crippen LogP contribution in [0.3, 0.4) is 0 Å². The van der Waals surface area contributed by atoms with Gasteiger partial charge in [0.05, 0.1) is 13.2 Å². The van der Waals surface area contributed by atoms with E-state index < -0.39 is 11.7 Å². The van der Waals surface area contributed by atoms with Crippen LogP contribution in [0.4, 0.5) is 4.79 Å². The highest BCUT2D eigenvalue weighted by Gasteiger charge is 2.20. The maximum Gasteiger partial charge on any atom is 0.408 e. The summed E-state index contributed by atoms with van der Waals surface area (Å²) in [5.41, 5.74) is 0.308. The van der Waals surface area contributed by atoms with Crippen LogP contribution in [0.25, 0.3) is 0 Å². The van der Waals surface area contributed by atoms with Crippen LogP contribution in [-0.2, 0) is 4.74 Å². The van der Waals surface area contributed by atoms with Gasteiger partial charge in [-0.3, -0.25) is 0 Å². The first-order chi connectivity index (χ1) is 8.87. The molecule has 1 amide bonds. The molecule has 19 heavy (non-hydrogen) atoms. The molecule has 0 aromatic heterocycles. The Morgan fingerprint density at radius 3 is 2.53 bits per heavy atom. The van der Waals surface area contributed by atoms with Gasteiger partial charge >= 0.3 is 6.09 Å². The van der Waals surface area contributed by atoms with Crippen LogP contribution in [0, 0.1) is 0 Å². The van der Waals surface area contributed by atoms with E-state index in [1.807, 2.05) is 45.0 Å². The SMILES string of the molecule is C=CC(NC(=O)OC(C)(C)C)c1ccccc1OC. The molecule has 104 valence electrons. The summed E-state index contributed by atoms with van der Waals surface area (Å²) in [6.07, 6.45) is 1.16. The predicted octanol–water partition coefficient (Wildman–Crippen LogP) is 3.45. The zero-order chi connectivity index (χ0) is 14.5. The number of rotatable bonds is 4. The van der Waals surface area contributed by atoms with Crippen molar-refractivity contribution < 1.29 is 14.3 Å². The fourth-order valence-corrected chi connectivity index (χ4v) is 1.62. The highest BCUT2D eigenvalue weighted by Crippen LogP contribution is 2.25. The van der Waals surface area contributed by atoms with Crippen LogP contribution in [-0.4, -0.2) is 18.8 Å². The number of hydrogen-bond donors (Lipinski definition) is 1. The van der Waals surface area contributed by atoms with Gasteiger partial charge < -0.3 is 14.8 Å². The van der Waals surface area contributed by atoms with Crippen molar-refractivity contribution in [3.63, 3.8) is 0 Å². The number of nitrogens with one attached hydrogen (secondary N) is 1. The molecule has 0 aliphatic carbocycles. The van der Waals surface area contributed by atoms with E-state index in [1.165, 1.54) is 0 Å². The molecule has 0 spiro atoms. The quantitative estimate of drug-likeness (QED) is 0.846. The molecule has 1 N–H and O–H groups in total. The van der Waals surface area contributed by atoms with E-state index in [2.05, 4.69) is 11.9 Å². The molecule has 1 aromatic carbocycles. The number of benzene rings is 1. The molecule has 1 aromatic rings. The number of para-hydroxylation sites is 1. The van der Waals surface area contributed by atoms with E-state index in [-0.39, 0.29) is 6.04 Å². The van der Waals surface area contributed by atoms with Gasteiger partial charge in [-0.05, 0) is 26.8 Å². The van der Waals surface area contributed by atoms with Gasteiger partial charge in [0.25, 0.3) is 0 Å². The van der Waals surface area contributed by atoms with Gasteiger partial charge in [-0.25, -0.2) is 4.79 Å². The summed E-state index contributed by atoms with van der Waals surface area (Å²) < 4.78 is 10.5. The maximum atomic E-state index is 11.8. The van der Waals surface area contributed by atoms with E-state index in [0.717, 1.165) is 5.56 Å². The predicted molar refractivity (Wildman–Crippen MR) is 75.3 cm³/mol. The molecule has 0 bridgehead atoms. The summed E-state index contributed by atoms with van der Waals surface area (Å²) in [5.74, 6) is 0.698. The summed E-state index contributed by atoms with van der Waals surface area (Å²) in [5, 5.41) is 2.76. The minimum atomic E-state index is -0.531. The maximum absolute atomic E-state index is 11.8. The van der Waals surface area contributed by atoms with Gasteiger partial charge in [0.2, 0.25) is 0 Å². The number of ether oxygens (including phenoxy) is 2. The minimum Gasteiger partial charge on any atom is -0.496 e. The number of alkyl carbamates (subject to hydrolysis) is 1. The summed E-state index contributed by atoms with van der Waals surface area (Å²) in [7, 11) is 1.59. The van der Waals surface area contributed by atoms with Crippen LogP contribution in [0.2, 0.25) is 0 Å². The molecule has 1 rings (SSSR count). The van der Waals surface area contributed by atoms with Gasteiger partial charge in [-0.15, -0.1) is 6.58 Å². The summed E-state index contributed by atoms with van der Waals surface area (Å²) in [4.78, 5) is 11.8. The lowest BCUT2D eigenvalue weighted by atomic mass is 10.1. The Labute approximate surface area is 114 Å². The molecule has 0 radical (unpaired) electrons. The minimum absolute atomic E-state index is 0.356. The molecule has 0 heterocycles. The highest BCUT2D eigenvalue weighted by atomic mass is 16.6. The molecule has 4 heteroatoms. The first-order valence-corrected chi connectivity index (χ1v) is 6.12. The smallest absolute Gasteiger partial charge is 0.408 e. The molecule has 0 aliphatic heterocycles. The van der Waals surface area contributed by atoms with Crippen molar-refractivity contribution in [3.05, 3.63) is 42.5 Å². The lowest BCUT2D eigenvalue weighted by Crippen LogP contribution is -2.34. The monoisotopic (exact) mass is 263 g/mol. The van der Waals surface area contributed by atoms with Crippen molar-refractivity contribution in [2.45, 2.75) is 32.4 Å². The number of carbonyl (C=O) groups is 1. The van der Waals surface area contributed by atoms with E-state index in [9.17, 15) is 4.79 Å². The molecular formula is C15H21NO3. The Kier molecular flexibility index (Phi) is 4.98. The lowest BCUT2D eigenvalue weighted by Gasteiger charge is -2.23. The van der Waals surface area contributed by atoms with Gasteiger partial charge in [0.1, 0.15) is 11.4 Å². The van der Waals surface area contributed by atoms with Gasteiger partial charge in [0, 0.05) is 5.56 Å². The first kappa shape index (κ1) is 15.1. The van der Waals surface area contributed by atoms with Crippen LogP contribution in [0.5, 0.6) is 5.75 Å². The second-order valence-electron chi connectivity index (χ2n) is 5.10. The Morgan fingerprint density at radius 2 is 2.00 bits per heavy atom. The molecule has 4 nitrogen and oxygen atoms in total. The Morgan fingerprint density at radius 1 is 1.37 bits per heavy atom. The molecule has 1 atom stereocenters. The molecule has 0 saturated carbocycles. The normalized spacial score (nSPS) is 12.4. The number of amides is 1. The fourth-order valence-electron chi connectivity index (χ4n) is 1.62. The van der Waals surface area contributed by atoms with Crippen molar-refractivity contribution >= 4 is 6.09 Å². The summed E-state index contributed by atoms with van der Waals surface area (Å²) >= 11 is 0. The lowest BCUT2D eigenvalue weighted by molar-refractivity contribution is 0.0513. The highest BCUT2D eigenvalue weighted by molar-refractivity contribution is 5.69. The van der Waals surface area contributed by atoms with Crippen molar-refractivity contribution in [3.8, 4) is 5.75 Å². The number of hydrogen-bond acceptors (Lipinski definition) is 3. The molecule has 1 unspecified atom stereocenters. The van der Waals surface area contributed by atoms with E-state index in [1.54, 1.807) is 13.2 Å². The van der Waals surface area contributed by atoms with Crippen LogP contribution in [0.1, 0.15) is 32.4 Å². The third-order valence-electron chi connectivity index (χ3n) is 2.38. The topological polar surface area (TPSA) is 47.6 Å². The van der Waals surface area contributed by atoms with Crippen molar-refractivity contribution in [2.24, 2.45) is 0 Å². The third-order valence-corrected chi connectivity index (χ3v) is 2.38. The Balaban J connectivity index is 2.84. The molecule has 0 fully saturated rings. The number of carbonyl (C=O) groups excluding carboxylic acids is 1. The Bertz CT molecular complexity index is 449. The van der Waals surface area contributed by atoms with E-state index in [4.69, 9.17) is 9.47 Å². The second kappa shape index (κ2) is 6.27. The van der Waals surface area contributed by atoms with Crippen molar-refractivity contribution in [1.82, 2.24) is 5.32 Å². The van der Waals surface area contributed by atoms with Crippen LogP contribution < -0.4 is 10.1 Å². The molecular weight excluding hydrogens is 242 g/mol. The number of methoxy groups -OCH3 is 1. The van der Waals surface area contributed by atoms with Gasteiger partial charge in [-0.1, -0.05) is 24.3 Å².